The molecule has 7 nitrogen and oxygen atoms in total. The summed E-state index contributed by atoms with van der Waals surface area (Å²) in [5, 5.41) is 13.6. The maximum absolute atomic E-state index is 12.4. The molecule has 0 heterocycles. The number of rotatable bonds is 6. The molecular weight excluding hydrogens is 378 g/mol. The maximum atomic E-state index is 12.4. The number of hydrogen-bond donors (Lipinski definition) is 1. The van der Waals surface area contributed by atoms with Crippen molar-refractivity contribution in [2.75, 3.05) is 25.2 Å². The van der Waals surface area contributed by atoms with Gasteiger partial charge in [0, 0.05) is 23.6 Å². The van der Waals surface area contributed by atoms with Crippen LogP contribution in [-0.4, -0.2) is 41.5 Å². The number of halogens is 1. The molecule has 2 aromatic rings. The van der Waals surface area contributed by atoms with Gasteiger partial charge in [0.1, 0.15) is 5.02 Å². The Morgan fingerprint density at radius 3 is 2.62 bits per heavy atom. The number of nitro groups is 1. The first-order valence-corrected chi connectivity index (χ1v) is 9.06. The number of anilines is 1. The molecule has 26 heavy (non-hydrogen) atoms. The van der Waals surface area contributed by atoms with E-state index in [2.05, 4.69) is 5.32 Å². The van der Waals surface area contributed by atoms with Crippen molar-refractivity contribution in [1.82, 2.24) is 4.90 Å². The lowest BCUT2D eigenvalue weighted by atomic mass is 10.2. The van der Waals surface area contributed by atoms with Gasteiger partial charge in [0.05, 0.1) is 17.2 Å². The van der Waals surface area contributed by atoms with E-state index in [1.54, 1.807) is 12.1 Å². The van der Waals surface area contributed by atoms with Crippen molar-refractivity contribution < 1.29 is 14.5 Å². The normalized spacial score (nSPS) is 10.3. The zero-order valence-corrected chi connectivity index (χ0v) is 15.6. The molecule has 0 atom stereocenters. The van der Waals surface area contributed by atoms with Gasteiger partial charge in [-0.15, -0.1) is 11.8 Å². The first-order chi connectivity index (χ1) is 12.3. The number of amides is 2. The van der Waals surface area contributed by atoms with Crippen LogP contribution < -0.4 is 5.32 Å². The van der Waals surface area contributed by atoms with Crippen molar-refractivity contribution in [2.45, 2.75) is 4.90 Å². The molecule has 0 aliphatic rings. The third kappa shape index (κ3) is 4.74. The smallest absolute Gasteiger partial charge is 0.288 e. The lowest BCUT2D eigenvalue weighted by Gasteiger charge is -2.17. The van der Waals surface area contributed by atoms with Gasteiger partial charge in [-0.3, -0.25) is 19.7 Å². The minimum absolute atomic E-state index is 0.0550. The van der Waals surface area contributed by atoms with Gasteiger partial charge in [-0.2, -0.15) is 0 Å². The summed E-state index contributed by atoms with van der Waals surface area (Å²) in [6.07, 6.45) is 1.90. The van der Waals surface area contributed by atoms with Crippen molar-refractivity contribution in [1.29, 1.82) is 0 Å². The summed E-state index contributed by atoms with van der Waals surface area (Å²) in [5.74, 6) is -0.885. The van der Waals surface area contributed by atoms with Crippen LogP contribution in [0.5, 0.6) is 0 Å². The average molecular weight is 394 g/mol. The minimum atomic E-state index is -0.662. The van der Waals surface area contributed by atoms with Crippen LogP contribution >= 0.6 is 23.4 Å². The summed E-state index contributed by atoms with van der Waals surface area (Å²) in [4.78, 5) is 37.0. The fourth-order valence-electron chi connectivity index (χ4n) is 2.23. The molecule has 136 valence electrons. The summed E-state index contributed by atoms with van der Waals surface area (Å²) in [5.41, 5.74) is 0.387. The molecule has 2 amide bonds. The quantitative estimate of drug-likeness (QED) is 0.459. The second-order valence-electron chi connectivity index (χ2n) is 5.33. The predicted molar refractivity (Wildman–Crippen MR) is 102 cm³/mol. The Labute approximate surface area is 159 Å². The highest BCUT2D eigenvalue weighted by molar-refractivity contribution is 7.98. The Morgan fingerprint density at radius 1 is 1.27 bits per heavy atom. The van der Waals surface area contributed by atoms with E-state index >= 15 is 0 Å². The molecule has 0 aliphatic heterocycles. The van der Waals surface area contributed by atoms with E-state index < -0.39 is 10.8 Å². The second kappa shape index (κ2) is 8.68. The fraction of sp³-hybridized carbons (Fsp3) is 0.176. The van der Waals surface area contributed by atoms with E-state index in [-0.39, 0.29) is 28.7 Å². The number of nitro benzene ring substituents is 1. The molecule has 0 bridgehead atoms. The molecule has 0 spiro atoms. The van der Waals surface area contributed by atoms with Crippen LogP contribution in [0.3, 0.4) is 0 Å². The molecule has 2 rings (SSSR count). The Hall–Kier alpha value is -2.58. The average Bonchev–Trinajstić information content (AvgIpc) is 2.61. The molecule has 2 aromatic carbocycles. The summed E-state index contributed by atoms with van der Waals surface area (Å²) < 4.78 is 0. The van der Waals surface area contributed by atoms with Crippen LogP contribution in [-0.2, 0) is 4.79 Å². The van der Waals surface area contributed by atoms with Crippen molar-refractivity contribution in [2.24, 2.45) is 0 Å². The van der Waals surface area contributed by atoms with Gasteiger partial charge in [0.25, 0.3) is 11.6 Å². The number of benzene rings is 2. The van der Waals surface area contributed by atoms with Crippen molar-refractivity contribution in [3.63, 3.8) is 0 Å². The van der Waals surface area contributed by atoms with E-state index in [4.69, 9.17) is 11.6 Å². The van der Waals surface area contributed by atoms with Crippen LogP contribution in [0.1, 0.15) is 10.4 Å². The third-order valence-corrected chi connectivity index (χ3v) is 4.61. The number of nitrogens with one attached hydrogen (secondary N) is 1. The Balaban J connectivity index is 2.08. The molecule has 0 fully saturated rings. The standard InChI is InChI=1S/C17H16ClN3O4S/c1-20(10-16(22)19-13-5-3-4-6-15(13)26-2)17(23)11-7-8-12(18)14(9-11)21(24)25/h3-9H,10H2,1-2H3,(H,19,22). The summed E-state index contributed by atoms with van der Waals surface area (Å²) in [6.45, 7) is -0.196. The Kier molecular flexibility index (Phi) is 6.59. The molecule has 0 saturated carbocycles. The molecule has 9 heteroatoms. The van der Waals surface area contributed by atoms with E-state index in [9.17, 15) is 19.7 Å². The van der Waals surface area contributed by atoms with Gasteiger partial charge in [-0.05, 0) is 30.5 Å². The Morgan fingerprint density at radius 2 is 1.96 bits per heavy atom. The monoisotopic (exact) mass is 393 g/mol. The number of nitrogens with zero attached hydrogens (tertiary/aromatic N) is 2. The molecular formula is C17H16ClN3O4S. The van der Waals surface area contributed by atoms with Gasteiger partial charge < -0.3 is 10.2 Å². The molecule has 0 aromatic heterocycles. The first-order valence-electron chi connectivity index (χ1n) is 7.45. The zero-order chi connectivity index (χ0) is 19.3. The van der Waals surface area contributed by atoms with E-state index in [1.165, 1.54) is 35.8 Å². The van der Waals surface area contributed by atoms with Gasteiger partial charge in [0.15, 0.2) is 0 Å². The number of carbonyl (C=O) groups is 2. The number of carbonyl (C=O) groups excluding carboxylic acids is 2. The van der Waals surface area contributed by atoms with E-state index in [0.29, 0.717) is 5.69 Å². The SMILES string of the molecule is CSc1ccccc1NC(=O)CN(C)C(=O)c1ccc(Cl)c([N+](=O)[O-])c1. The number of likely N-dealkylation sites (N-methyl/N-ethyl adjacent to an activating group) is 1. The zero-order valence-electron chi connectivity index (χ0n) is 14.1. The molecule has 0 saturated heterocycles. The van der Waals surface area contributed by atoms with Crippen LogP contribution in [0.2, 0.25) is 5.02 Å². The maximum Gasteiger partial charge on any atom is 0.288 e. The van der Waals surface area contributed by atoms with Gasteiger partial charge in [-0.25, -0.2) is 0 Å². The highest BCUT2D eigenvalue weighted by Crippen LogP contribution is 2.26. The lowest BCUT2D eigenvalue weighted by Crippen LogP contribution is -2.35. The highest BCUT2D eigenvalue weighted by atomic mass is 35.5. The minimum Gasteiger partial charge on any atom is -0.332 e. The van der Waals surface area contributed by atoms with E-state index in [0.717, 1.165) is 11.0 Å². The largest absolute Gasteiger partial charge is 0.332 e. The predicted octanol–water partition coefficient (Wildman–Crippen LogP) is 3.68. The Bertz CT molecular complexity index is 860. The summed E-state index contributed by atoms with van der Waals surface area (Å²) >= 11 is 7.24. The fourth-order valence-corrected chi connectivity index (χ4v) is 2.97. The van der Waals surface area contributed by atoms with Gasteiger partial charge in [-0.1, -0.05) is 23.7 Å². The van der Waals surface area contributed by atoms with Gasteiger partial charge >= 0.3 is 0 Å². The molecule has 0 unspecified atom stereocenters. The first kappa shape index (κ1) is 19.7. The summed E-state index contributed by atoms with van der Waals surface area (Å²) in [7, 11) is 1.45. The van der Waals surface area contributed by atoms with Crippen molar-refractivity contribution in [3.05, 3.63) is 63.2 Å². The van der Waals surface area contributed by atoms with Crippen LogP contribution in [0.25, 0.3) is 0 Å². The van der Waals surface area contributed by atoms with Gasteiger partial charge in [0.2, 0.25) is 5.91 Å². The second-order valence-corrected chi connectivity index (χ2v) is 6.59. The molecule has 0 aliphatic carbocycles. The topological polar surface area (TPSA) is 92.6 Å². The van der Waals surface area contributed by atoms with Crippen LogP contribution in [0.15, 0.2) is 47.4 Å². The number of para-hydroxylation sites is 1. The number of hydrogen-bond acceptors (Lipinski definition) is 5. The lowest BCUT2D eigenvalue weighted by molar-refractivity contribution is -0.384. The number of thioether (sulfide) groups is 1. The summed E-state index contributed by atoms with van der Waals surface area (Å²) in [6, 6.07) is 11.1. The third-order valence-electron chi connectivity index (χ3n) is 3.50. The van der Waals surface area contributed by atoms with E-state index in [1.807, 2.05) is 18.4 Å². The molecule has 1 N–H and O–H groups in total. The van der Waals surface area contributed by atoms with Crippen molar-refractivity contribution >= 4 is 46.6 Å². The highest BCUT2D eigenvalue weighted by Gasteiger charge is 2.20. The van der Waals surface area contributed by atoms with Crippen LogP contribution in [0.4, 0.5) is 11.4 Å². The van der Waals surface area contributed by atoms with Crippen molar-refractivity contribution in [3.8, 4) is 0 Å². The molecule has 0 radical (unpaired) electrons. The van der Waals surface area contributed by atoms with Crippen LogP contribution in [0, 0.1) is 10.1 Å².